The molecule has 1 amide bonds. The highest BCUT2D eigenvalue weighted by molar-refractivity contribution is 5.76. The molecule has 112 valence electrons. The third-order valence-corrected chi connectivity index (χ3v) is 3.14. The highest BCUT2D eigenvalue weighted by Crippen LogP contribution is 2.17. The minimum absolute atomic E-state index is 0.0464. The number of carbonyl (C=O) groups is 1. The second-order valence-corrected chi connectivity index (χ2v) is 4.90. The molecule has 1 atom stereocenters. The Balaban J connectivity index is 1.93. The third-order valence-electron chi connectivity index (χ3n) is 3.14. The molecule has 5 nitrogen and oxygen atoms in total. The Labute approximate surface area is 122 Å². The molecule has 0 bridgehead atoms. The fraction of sp³-hybridized carbons (Fsp3) is 0.400. The summed E-state index contributed by atoms with van der Waals surface area (Å²) in [6.07, 6.45) is 1.54. The molecule has 0 aliphatic rings. The summed E-state index contributed by atoms with van der Waals surface area (Å²) in [5.41, 5.74) is 0.550. The normalized spacial score (nSPS) is 12.1. The van der Waals surface area contributed by atoms with Gasteiger partial charge in [-0.25, -0.2) is 4.39 Å². The van der Waals surface area contributed by atoms with Crippen LogP contribution >= 0.6 is 0 Å². The zero-order valence-electron chi connectivity index (χ0n) is 12.1. The number of nitrogens with one attached hydrogen (secondary N) is 1. The molecule has 0 saturated carbocycles. The van der Waals surface area contributed by atoms with Crippen LogP contribution in [-0.2, 0) is 11.2 Å². The molecule has 0 aliphatic carbocycles. The average molecular weight is 291 g/mol. The van der Waals surface area contributed by atoms with Gasteiger partial charge in [0.1, 0.15) is 5.82 Å². The van der Waals surface area contributed by atoms with Crippen LogP contribution in [0.5, 0.6) is 0 Å². The van der Waals surface area contributed by atoms with Crippen molar-refractivity contribution in [2.24, 2.45) is 0 Å². The van der Waals surface area contributed by atoms with Gasteiger partial charge in [0.2, 0.25) is 17.6 Å². The van der Waals surface area contributed by atoms with E-state index >= 15 is 0 Å². The standard InChI is InChI=1S/C15H18FN3O2/c1-3-10(2)17-13(20)7-8-14-18-15(19-21-14)11-5-4-6-12(16)9-11/h4-6,9-10H,3,7-8H2,1-2H3,(H,17,20)/t10-/m0/s1. The zero-order chi connectivity index (χ0) is 15.2. The molecule has 1 N–H and O–H groups in total. The fourth-order valence-electron chi connectivity index (χ4n) is 1.77. The largest absolute Gasteiger partial charge is 0.354 e. The van der Waals surface area contributed by atoms with Crippen molar-refractivity contribution >= 4 is 5.91 Å². The van der Waals surface area contributed by atoms with Crippen LogP contribution in [0, 0.1) is 5.82 Å². The highest BCUT2D eigenvalue weighted by atomic mass is 19.1. The molecule has 2 rings (SSSR count). The number of hydrogen-bond acceptors (Lipinski definition) is 4. The van der Waals surface area contributed by atoms with E-state index < -0.39 is 0 Å². The zero-order valence-corrected chi connectivity index (χ0v) is 12.1. The second-order valence-electron chi connectivity index (χ2n) is 4.90. The Morgan fingerprint density at radius 3 is 3.00 bits per heavy atom. The highest BCUT2D eigenvalue weighted by Gasteiger charge is 2.12. The van der Waals surface area contributed by atoms with Crippen molar-refractivity contribution in [3.63, 3.8) is 0 Å². The summed E-state index contributed by atoms with van der Waals surface area (Å²) in [6, 6.07) is 6.13. The Morgan fingerprint density at radius 1 is 1.48 bits per heavy atom. The van der Waals surface area contributed by atoms with Crippen LogP contribution in [0.4, 0.5) is 4.39 Å². The monoisotopic (exact) mass is 291 g/mol. The van der Waals surface area contributed by atoms with Crippen molar-refractivity contribution < 1.29 is 13.7 Å². The van der Waals surface area contributed by atoms with Gasteiger partial charge in [-0.1, -0.05) is 24.2 Å². The number of nitrogens with zero attached hydrogens (tertiary/aromatic N) is 2. The van der Waals surface area contributed by atoms with Crippen molar-refractivity contribution in [2.45, 2.75) is 39.2 Å². The van der Waals surface area contributed by atoms with Crippen molar-refractivity contribution in [1.82, 2.24) is 15.5 Å². The summed E-state index contributed by atoms with van der Waals surface area (Å²) in [6.45, 7) is 3.96. The summed E-state index contributed by atoms with van der Waals surface area (Å²) < 4.78 is 18.2. The first kappa shape index (κ1) is 15.2. The predicted octanol–water partition coefficient (Wildman–Crippen LogP) is 2.72. The molecule has 21 heavy (non-hydrogen) atoms. The van der Waals surface area contributed by atoms with E-state index in [1.165, 1.54) is 12.1 Å². The molecular weight excluding hydrogens is 273 g/mol. The van der Waals surface area contributed by atoms with E-state index in [0.29, 0.717) is 23.7 Å². The average Bonchev–Trinajstić information content (AvgIpc) is 2.94. The lowest BCUT2D eigenvalue weighted by atomic mass is 10.2. The van der Waals surface area contributed by atoms with Gasteiger partial charge in [0, 0.05) is 24.4 Å². The quantitative estimate of drug-likeness (QED) is 0.888. The number of amides is 1. The van der Waals surface area contributed by atoms with Crippen LogP contribution in [0.25, 0.3) is 11.4 Å². The Morgan fingerprint density at radius 2 is 2.29 bits per heavy atom. The molecule has 1 aromatic carbocycles. The second kappa shape index (κ2) is 6.97. The summed E-state index contributed by atoms with van der Waals surface area (Å²) in [5, 5.41) is 6.67. The molecule has 0 fully saturated rings. The van der Waals surface area contributed by atoms with Gasteiger partial charge in [-0.2, -0.15) is 4.98 Å². The van der Waals surface area contributed by atoms with E-state index in [1.807, 2.05) is 13.8 Å². The maximum atomic E-state index is 13.1. The number of carbonyl (C=O) groups excluding carboxylic acids is 1. The third kappa shape index (κ3) is 4.37. The first-order chi connectivity index (χ1) is 10.1. The minimum Gasteiger partial charge on any atom is -0.354 e. The maximum absolute atomic E-state index is 13.1. The van der Waals surface area contributed by atoms with Crippen LogP contribution < -0.4 is 5.32 Å². The van der Waals surface area contributed by atoms with E-state index in [-0.39, 0.29) is 24.2 Å². The first-order valence-corrected chi connectivity index (χ1v) is 6.96. The van der Waals surface area contributed by atoms with Gasteiger partial charge < -0.3 is 9.84 Å². The Hall–Kier alpha value is -2.24. The van der Waals surface area contributed by atoms with Crippen LogP contribution in [0.15, 0.2) is 28.8 Å². The van der Waals surface area contributed by atoms with E-state index in [9.17, 15) is 9.18 Å². The van der Waals surface area contributed by atoms with Gasteiger partial charge in [-0.3, -0.25) is 4.79 Å². The van der Waals surface area contributed by atoms with Crippen molar-refractivity contribution in [3.05, 3.63) is 36.0 Å². The van der Waals surface area contributed by atoms with Crippen LogP contribution in [0.2, 0.25) is 0 Å². The molecule has 0 radical (unpaired) electrons. The summed E-state index contributed by atoms with van der Waals surface area (Å²) in [5.74, 6) is 0.294. The van der Waals surface area contributed by atoms with Gasteiger partial charge in [-0.05, 0) is 25.5 Å². The lowest BCUT2D eigenvalue weighted by Gasteiger charge is -2.10. The van der Waals surface area contributed by atoms with E-state index in [1.54, 1.807) is 12.1 Å². The predicted molar refractivity (Wildman–Crippen MR) is 75.9 cm³/mol. The van der Waals surface area contributed by atoms with Gasteiger partial charge in [-0.15, -0.1) is 0 Å². The van der Waals surface area contributed by atoms with Crippen LogP contribution in [0.3, 0.4) is 0 Å². The van der Waals surface area contributed by atoms with Gasteiger partial charge in [0.05, 0.1) is 0 Å². The van der Waals surface area contributed by atoms with Gasteiger partial charge in [0.25, 0.3) is 0 Å². The summed E-state index contributed by atoms with van der Waals surface area (Å²) in [7, 11) is 0. The minimum atomic E-state index is -0.355. The van der Waals surface area contributed by atoms with Gasteiger partial charge >= 0.3 is 0 Å². The number of aromatic nitrogens is 2. The molecular formula is C15H18FN3O2. The lowest BCUT2D eigenvalue weighted by Crippen LogP contribution is -2.32. The topological polar surface area (TPSA) is 68.0 Å². The van der Waals surface area contributed by atoms with Crippen LogP contribution in [0.1, 0.15) is 32.6 Å². The number of hydrogen-bond donors (Lipinski definition) is 1. The first-order valence-electron chi connectivity index (χ1n) is 6.96. The van der Waals surface area contributed by atoms with Crippen molar-refractivity contribution in [2.75, 3.05) is 0 Å². The van der Waals surface area contributed by atoms with E-state index in [0.717, 1.165) is 6.42 Å². The fourth-order valence-corrected chi connectivity index (χ4v) is 1.77. The SMILES string of the molecule is CC[C@H](C)NC(=O)CCc1nc(-c2cccc(F)c2)no1. The molecule has 1 heterocycles. The molecule has 1 aromatic heterocycles. The van der Waals surface area contributed by atoms with E-state index in [2.05, 4.69) is 15.5 Å². The molecule has 6 heteroatoms. The van der Waals surface area contributed by atoms with Gasteiger partial charge in [0.15, 0.2) is 0 Å². The molecule has 0 spiro atoms. The van der Waals surface area contributed by atoms with Crippen LogP contribution in [-0.4, -0.2) is 22.1 Å². The summed E-state index contributed by atoms with van der Waals surface area (Å²) in [4.78, 5) is 15.8. The molecule has 0 aliphatic heterocycles. The summed E-state index contributed by atoms with van der Waals surface area (Å²) >= 11 is 0. The number of rotatable bonds is 6. The number of halogens is 1. The molecule has 0 saturated heterocycles. The molecule has 0 unspecified atom stereocenters. The Bertz CT molecular complexity index is 612. The number of aryl methyl sites for hydroxylation is 1. The maximum Gasteiger partial charge on any atom is 0.227 e. The molecule has 2 aromatic rings. The van der Waals surface area contributed by atoms with Crippen molar-refractivity contribution in [1.29, 1.82) is 0 Å². The van der Waals surface area contributed by atoms with E-state index in [4.69, 9.17) is 4.52 Å². The number of benzene rings is 1. The Kier molecular flexibility index (Phi) is 5.03. The lowest BCUT2D eigenvalue weighted by molar-refractivity contribution is -0.121. The van der Waals surface area contributed by atoms with Crippen molar-refractivity contribution in [3.8, 4) is 11.4 Å². The smallest absolute Gasteiger partial charge is 0.227 e.